The Hall–Kier alpha value is -0.320. The Kier molecular flexibility index (Phi) is 6.57. The van der Waals surface area contributed by atoms with Crippen molar-refractivity contribution < 1.29 is 9.53 Å². The second-order valence-corrected chi connectivity index (χ2v) is 5.88. The molecule has 1 unspecified atom stereocenters. The van der Waals surface area contributed by atoms with Crippen LogP contribution in [-0.2, 0) is 9.53 Å². The number of ether oxygens (including phenoxy) is 1. The van der Waals surface area contributed by atoms with Crippen LogP contribution in [0.15, 0.2) is 0 Å². The predicted molar refractivity (Wildman–Crippen MR) is 78.4 cm³/mol. The number of hydrogen-bond donors (Lipinski definition) is 1. The van der Waals surface area contributed by atoms with Gasteiger partial charge in [-0.2, -0.15) is 0 Å². The lowest BCUT2D eigenvalue weighted by atomic mass is 9.81. The van der Waals surface area contributed by atoms with Gasteiger partial charge in [0.15, 0.2) is 0 Å². The van der Waals surface area contributed by atoms with Crippen LogP contribution >= 0.6 is 12.4 Å². The number of nitrogens with zero attached hydrogens (tertiary/aromatic N) is 1. The van der Waals surface area contributed by atoms with E-state index in [1.165, 1.54) is 12.8 Å². The Balaban J connectivity index is 0.00000180. The van der Waals surface area contributed by atoms with Crippen LogP contribution in [0.25, 0.3) is 0 Å². The minimum absolute atomic E-state index is 0. The van der Waals surface area contributed by atoms with Crippen LogP contribution in [0.4, 0.5) is 0 Å². The topological polar surface area (TPSA) is 55.6 Å². The van der Waals surface area contributed by atoms with E-state index in [1.54, 1.807) is 7.11 Å². The molecule has 2 rings (SSSR count). The molecule has 4 nitrogen and oxygen atoms in total. The minimum atomic E-state index is -0.146. The van der Waals surface area contributed by atoms with Crippen molar-refractivity contribution in [1.29, 1.82) is 0 Å². The summed E-state index contributed by atoms with van der Waals surface area (Å²) in [5.41, 5.74) is 5.84. The average Bonchev–Trinajstić information content (AvgIpc) is 2.85. The van der Waals surface area contributed by atoms with E-state index < -0.39 is 0 Å². The number of hydrogen-bond acceptors (Lipinski definition) is 3. The average molecular weight is 291 g/mol. The maximum atomic E-state index is 12.8. The van der Waals surface area contributed by atoms with E-state index in [0.29, 0.717) is 12.5 Å². The van der Waals surface area contributed by atoms with Crippen LogP contribution in [0.2, 0.25) is 0 Å². The quantitative estimate of drug-likeness (QED) is 0.861. The van der Waals surface area contributed by atoms with Crippen molar-refractivity contribution in [2.75, 3.05) is 26.8 Å². The highest BCUT2D eigenvalue weighted by atomic mass is 35.5. The Bertz CT molecular complexity index is 293. The number of carbonyl (C=O) groups is 1. The lowest BCUT2D eigenvalue weighted by molar-refractivity contribution is -0.144. The zero-order valence-corrected chi connectivity index (χ0v) is 12.7. The summed E-state index contributed by atoms with van der Waals surface area (Å²) >= 11 is 0. The molecule has 0 spiro atoms. The minimum Gasteiger partial charge on any atom is -0.385 e. The van der Waals surface area contributed by atoms with Gasteiger partial charge in [0, 0.05) is 32.8 Å². The molecule has 1 saturated carbocycles. The van der Waals surface area contributed by atoms with E-state index in [2.05, 4.69) is 0 Å². The molecule has 1 aliphatic carbocycles. The third kappa shape index (κ3) is 3.83. The van der Waals surface area contributed by atoms with Gasteiger partial charge in [-0.3, -0.25) is 4.79 Å². The molecule has 0 aromatic heterocycles. The van der Waals surface area contributed by atoms with Crippen LogP contribution in [0.1, 0.15) is 44.9 Å². The molecule has 1 amide bonds. The maximum Gasteiger partial charge on any atom is 0.228 e. The molecule has 0 aromatic carbocycles. The zero-order chi connectivity index (χ0) is 13.0. The molecule has 1 atom stereocenters. The highest BCUT2D eigenvalue weighted by Crippen LogP contribution is 2.43. The largest absolute Gasteiger partial charge is 0.385 e. The number of piperidine rings is 1. The monoisotopic (exact) mass is 290 g/mol. The van der Waals surface area contributed by atoms with E-state index in [0.717, 1.165) is 45.2 Å². The molecule has 2 N–H and O–H groups in total. The van der Waals surface area contributed by atoms with Gasteiger partial charge in [-0.05, 0) is 32.1 Å². The van der Waals surface area contributed by atoms with Crippen LogP contribution in [-0.4, -0.2) is 43.7 Å². The second kappa shape index (κ2) is 7.46. The normalized spacial score (nSPS) is 26.0. The van der Waals surface area contributed by atoms with Gasteiger partial charge in [-0.15, -0.1) is 12.4 Å². The van der Waals surface area contributed by atoms with Gasteiger partial charge in [0.25, 0.3) is 0 Å². The first-order valence-electron chi connectivity index (χ1n) is 7.22. The van der Waals surface area contributed by atoms with Crippen molar-refractivity contribution in [2.24, 2.45) is 11.1 Å². The Labute approximate surface area is 122 Å². The predicted octanol–water partition coefficient (Wildman–Crippen LogP) is 1.95. The summed E-state index contributed by atoms with van der Waals surface area (Å²) in [5.74, 6) is 0.340. The number of halogens is 1. The van der Waals surface area contributed by atoms with Gasteiger partial charge in [0.1, 0.15) is 0 Å². The van der Waals surface area contributed by atoms with E-state index >= 15 is 0 Å². The highest BCUT2D eigenvalue weighted by Gasteiger charge is 2.43. The Morgan fingerprint density at radius 1 is 1.37 bits per heavy atom. The summed E-state index contributed by atoms with van der Waals surface area (Å²) in [6, 6.07) is 0.170. The molecule has 2 aliphatic rings. The summed E-state index contributed by atoms with van der Waals surface area (Å²) in [4.78, 5) is 14.8. The van der Waals surface area contributed by atoms with E-state index in [-0.39, 0.29) is 23.9 Å². The molecule has 1 saturated heterocycles. The Morgan fingerprint density at radius 2 is 2.05 bits per heavy atom. The number of nitrogens with two attached hydrogens (primary N) is 1. The smallest absolute Gasteiger partial charge is 0.228 e. The first-order chi connectivity index (χ1) is 8.68. The van der Waals surface area contributed by atoms with Gasteiger partial charge in [-0.25, -0.2) is 0 Å². The number of rotatable bonds is 4. The van der Waals surface area contributed by atoms with E-state index in [4.69, 9.17) is 10.5 Å². The standard InChI is InChI=1S/C14H26N2O2.ClH/c1-18-10-8-14(6-2-3-7-14)13(17)16-9-4-5-12(15)11-16;/h12H,2-11,15H2,1H3;1H. The molecule has 112 valence electrons. The third-order valence-corrected chi connectivity index (χ3v) is 4.54. The molecule has 5 heteroatoms. The second-order valence-electron chi connectivity index (χ2n) is 5.88. The van der Waals surface area contributed by atoms with E-state index in [1.807, 2.05) is 4.90 Å². The van der Waals surface area contributed by atoms with Gasteiger partial charge in [-0.1, -0.05) is 12.8 Å². The van der Waals surface area contributed by atoms with Crippen molar-refractivity contribution in [1.82, 2.24) is 4.90 Å². The molecular weight excluding hydrogens is 264 g/mol. The van der Waals surface area contributed by atoms with Gasteiger partial charge in [0.2, 0.25) is 5.91 Å². The zero-order valence-electron chi connectivity index (χ0n) is 11.9. The van der Waals surface area contributed by atoms with Crippen LogP contribution < -0.4 is 5.73 Å². The lowest BCUT2D eigenvalue weighted by Crippen LogP contribution is -2.51. The van der Waals surface area contributed by atoms with Crippen LogP contribution in [0, 0.1) is 5.41 Å². The number of methoxy groups -OCH3 is 1. The fourth-order valence-corrected chi connectivity index (χ4v) is 3.45. The van der Waals surface area contributed by atoms with E-state index in [9.17, 15) is 4.79 Å². The van der Waals surface area contributed by atoms with Gasteiger partial charge >= 0.3 is 0 Å². The maximum absolute atomic E-state index is 12.8. The summed E-state index contributed by atoms with van der Waals surface area (Å²) in [5, 5.41) is 0. The first kappa shape index (κ1) is 16.7. The molecule has 2 fully saturated rings. The van der Waals surface area contributed by atoms with Crippen molar-refractivity contribution in [3.05, 3.63) is 0 Å². The van der Waals surface area contributed by atoms with Crippen LogP contribution in [0.3, 0.4) is 0 Å². The highest BCUT2D eigenvalue weighted by molar-refractivity contribution is 5.85. The van der Waals surface area contributed by atoms with Crippen LogP contribution in [0.5, 0.6) is 0 Å². The van der Waals surface area contributed by atoms with Gasteiger partial charge < -0.3 is 15.4 Å². The summed E-state index contributed by atoms with van der Waals surface area (Å²) in [6.45, 7) is 2.32. The number of amides is 1. The lowest BCUT2D eigenvalue weighted by Gasteiger charge is -2.38. The molecular formula is C14H27ClN2O2. The summed E-state index contributed by atoms with van der Waals surface area (Å²) < 4.78 is 5.19. The van der Waals surface area contributed by atoms with Crippen molar-refractivity contribution in [3.63, 3.8) is 0 Å². The van der Waals surface area contributed by atoms with Crippen molar-refractivity contribution >= 4 is 18.3 Å². The summed E-state index contributed by atoms with van der Waals surface area (Å²) in [7, 11) is 1.71. The van der Waals surface area contributed by atoms with Crippen molar-refractivity contribution in [2.45, 2.75) is 51.0 Å². The number of likely N-dealkylation sites (tertiary alicyclic amines) is 1. The Morgan fingerprint density at radius 3 is 2.63 bits per heavy atom. The third-order valence-electron chi connectivity index (χ3n) is 4.54. The number of carbonyl (C=O) groups excluding carboxylic acids is 1. The summed E-state index contributed by atoms with van der Waals surface area (Å²) in [6.07, 6.45) is 7.38. The SMILES string of the molecule is COCCC1(C(=O)N2CCCC(N)C2)CCCC1.Cl. The fourth-order valence-electron chi connectivity index (χ4n) is 3.45. The van der Waals surface area contributed by atoms with Crippen molar-refractivity contribution in [3.8, 4) is 0 Å². The fraction of sp³-hybridized carbons (Fsp3) is 0.929. The molecule has 19 heavy (non-hydrogen) atoms. The molecule has 1 heterocycles. The molecule has 0 aromatic rings. The molecule has 0 radical (unpaired) electrons. The molecule has 1 aliphatic heterocycles. The van der Waals surface area contributed by atoms with Gasteiger partial charge in [0.05, 0.1) is 5.41 Å². The first-order valence-corrected chi connectivity index (χ1v) is 7.22. The molecule has 0 bridgehead atoms.